The molecule has 0 amide bonds. The molecule has 0 fully saturated rings. The smallest absolute Gasteiger partial charge is 0.347 e. The molecule has 0 aliphatic rings. The van der Waals surface area contributed by atoms with Gasteiger partial charge in [0.15, 0.2) is 11.5 Å². The van der Waals surface area contributed by atoms with Crippen LogP contribution in [0.1, 0.15) is 0 Å². The van der Waals surface area contributed by atoms with Crippen LogP contribution in [0, 0.1) is 0 Å². The highest BCUT2D eigenvalue weighted by molar-refractivity contribution is 6.30. The minimum atomic E-state index is -0.490. The minimum Gasteiger partial charge on any atom is -0.493 e. The standard InChI is InChI=1S/C16H12ClNO4/c1-20-13-7-11-12(8-14(13)21-2)18-15(22-16(11)19)9-3-5-10(17)6-4-9/h3-8H,1-2H3. The summed E-state index contributed by atoms with van der Waals surface area (Å²) in [6.07, 6.45) is 0. The number of aromatic nitrogens is 1. The summed E-state index contributed by atoms with van der Waals surface area (Å²) in [6.45, 7) is 0. The van der Waals surface area contributed by atoms with Crippen LogP contribution in [0.15, 0.2) is 45.6 Å². The molecule has 0 N–H and O–H groups in total. The third kappa shape index (κ3) is 2.51. The number of fused-ring (bicyclic) bond motifs is 1. The second-order valence-corrected chi connectivity index (χ2v) is 4.97. The van der Waals surface area contributed by atoms with Crippen molar-refractivity contribution in [2.75, 3.05) is 14.2 Å². The molecule has 1 heterocycles. The lowest BCUT2D eigenvalue weighted by atomic mass is 10.2. The first kappa shape index (κ1) is 14.4. The zero-order chi connectivity index (χ0) is 15.7. The van der Waals surface area contributed by atoms with Gasteiger partial charge in [0.25, 0.3) is 0 Å². The van der Waals surface area contributed by atoms with Crippen molar-refractivity contribution in [2.24, 2.45) is 0 Å². The molecule has 0 aliphatic heterocycles. The Bertz CT molecular complexity index is 887. The molecule has 0 saturated heterocycles. The Morgan fingerprint density at radius 3 is 2.32 bits per heavy atom. The Morgan fingerprint density at radius 1 is 1.05 bits per heavy atom. The van der Waals surface area contributed by atoms with Gasteiger partial charge in [-0.25, -0.2) is 9.78 Å². The number of ether oxygens (including phenoxy) is 2. The molecule has 0 radical (unpaired) electrons. The van der Waals surface area contributed by atoms with Crippen LogP contribution in [0.2, 0.25) is 5.02 Å². The van der Waals surface area contributed by atoms with E-state index in [4.69, 9.17) is 25.5 Å². The van der Waals surface area contributed by atoms with E-state index < -0.39 is 5.63 Å². The molecule has 5 nitrogen and oxygen atoms in total. The van der Waals surface area contributed by atoms with E-state index in [1.54, 1.807) is 36.4 Å². The van der Waals surface area contributed by atoms with E-state index in [1.165, 1.54) is 14.2 Å². The van der Waals surface area contributed by atoms with Crippen molar-refractivity contribution in [2.45, 2.75) is 0 Å². The Morgan fingerprint density at radius 2 is 1.68 bits per heavy atom. The summed E-state index contributed by atoms with van der Waals surface area (Å²) in [5, 5.41) is 0.925. The van der Waals surface area contributed by atoms with E-state index in [2.05, 4.69) is 4.98 Å². The fourth-order valence-electron chi connectivity index (χ4n) is 2.12. The van der Waals surface area contributed by atoms with Crippen LogP contribution in [0.4, 0.5) is 0 Å². The van der Waals surface area contributed by atoms with Crippen LogP contribution >= 0.6 is 11.6 Å². The fourth-order valence-corrected chi connectivity index (χ4v) is 2.24. The molecule has 0 unspecified atom stereocenters. The van der Waals surface area contributed by atoms with Gasteiger partial charge in [-0.2, -0.15) is 0 Å². The largest absolute Gasteiger partial charge is 0.493 e. The quantitative estimate of drug-likeness (QED) is 0.739. The minimum absolute atomic E-state index is 0.224. The average Bonchev–Trinajstić information content (AvgIpc) is 2.54. The van der Waals surface area contributed by atoms with Crippen LogP contribution in [-0.4, -0.2) is 19.2 Å². The first-order valence-corrected chi connectivity index (χ1v) is 6.83. The van der Waals surface area contributed by atoms with E-state index in [-0.39, 0.29) is 5.89 Å². The van der Waals surface area contributed by atoms with Crippen LogP contribution in [0.3, 0.4) is 0 Å². The lowest BCUT2D eigenvalue weighted by Crippen LogP contribution is -2.04. The van der Waals surface area contributed by atoms with Crippen molar-refractivity contribution in [3.63, 3.8) is 0 Å². The molecule has 1 aromatic heterocycles. The van der Waals surface area contributed by atoms with Crippen molar-refractivity contribution in [3.8, 4) is 23.0 Å². The van der Waals surface area contributed by atoms with Gasteiger partial charge in [0.05, 0.1) is 25.1 Å². The van der Waals surface area contributed by atoms with E-state index in [0.717, 1.165) is 0 Å². The summed E-state index contributed by atoms with van der Waals surface area (Å²) in [5.41, 5.74) is 0.646. The van der Waals surface area contributed by atoms with Gasteiger partial charge in [-0.05, 0) is 24.3 Å². The SMILES string of the molecule is COc1cc2nc(-c3ccc(Cl)cc3)oc(=O)c2cc1OC. The predicted octanol–water partition coefficient (Wildman–Crippen LogP) is 3.53. The Labute approximate surface area is 131 Å². The number of methoxy groups -OCH3 is 2. The van der Waals surface area contributed by atoms with Crippen molar-refractivity contribution in [3.05, 3.63) is 51.8 Å². The molecule has 0 atom stereocenters. The van der Waals surface area contributed by atoms with Crippen molar-refractivity contribution in [1.82, 2.24) is 4.98 Å². The molecular formula is C16H12ClNO4. The monoisotopic (exact) mass is 317 g/mol. The molecule has 2 aromatic carbocycles. The Balaban J connectivity index is 2.23. The number of halogens is 1. The lowest BCUT2D eigenvalue weighted by molar-refractivity contribution is 0.355. The van der Waals surface area contributed by atoms with Gasteiger partial charge >= 0.3 is 5.63 Å². The molecule has 112 valence electrons. The van der Waals surface area contributed by atoms with Gasteiger partial charge in [0.2, 0.25) is 5.89 Å². The molecule has 0 spiro atoms. The van der Waals surface area contributed by atoms with E-state index in [1.807, 2.05) is 0 Å². The maximum absolute atomic E-state index is 12.2. The molecule has 3 rings (SSSR count). The van der Waals surface area contributed by atoms with Crippen LogP contribution < -0.4 is 15.1 Å². The summed E-state index contributed by atoms with van der Waals surface area (Å²) in [6, 6.07) is 10.1. The summed E-state index contributed by atoms with van der Waals surface area (Å²) < 4.78 is 15.7. The number of nitrogens with zero attached hydrogens (tertiary/aromatic N) is 1. The van der Waals surface area contributed by atoms with E-state index in [9.17, 15) is 4.79 Å². The van der Waals surface area contributed by atoms with Gasteiger partial charge in [0, 0.05) is 22.7 Å². The zero-order valence-electron chi connectivity index (χ0n) is 11.9. The van der Waals surface area contributed by atoms with Crippen molar-refractivity contribution >= 4 is 22.5 Å². The van der Waals surface area contributed by atoms with Gasteiger partial charge in [0.1, 0.15) is 0 Å². The van der Waals surface area contributed by atoms with Crippen molar-refractivity contribution < 1.29 is 13.9 Å². The predicted molar refractivity (Wildman–Crippen MR) is 83.8 cm³/mol. The molecule has 0 bridgehead atoms. The third-order valence-electron chi connectivity index (χ3n) is 3.22. The van der Waals surface area contributed by atoms with Gasteiger partial charge in [-0.3, -0.25) is 0 Å². The fraction of sp³-hybridized carbons (Fsp3) is 0.125. The molecular weight excluding hydrogens is 306 g/mol. The highest BCUT2D eigenvalue weighted by atomic mass is 35.5. The van der Waals surface area contributed by atoms with Crippen LogP contribution in [0.5, 0.6) is 11.5 Å². The first-order chi connectivity index (χ1) is 10.6. The zero-order valence-corrected chi connectivity index (χ0v) is 12.7. The Hall–Kier alpha value is -2.53. The number of benzene rings is 2. The molecule has 0 saturated carbocycles. The highest BCUT2D eigenvalue weighted by Crippen LogP contribution is 2.31. The molecule has 22 heavy (non-hydrogen) atoms. The van der Waals surface area contributed by atoms with E-state index in [0.29, 0.717) is 33.0 Å². The normalized spacial score (nSPS) is 10.7. The van der Waals surface area contributed by atoms with Crippen LogP contribution in [0.25, 0.3) is 22.4 Å². The average molecular weight is 318 g/mol. The van der Waals surface area contributed by atoms with Crippen LogP contribution in [-0.2, 0) is 0 Å². The maximum atomic E-state index is 12.2. The summed E-state index contributed by atoms with van der Waals surface area (Å²) in [5.74, 6) is 1.17. The Kier molecular flexibility index (Phi) is 3.73. The second kappa shape index (κ2) is 5.69. The summed E-state index contributed by atoms with van der Waals surface area (Å²) >= 11 is 5.86. The third-order valence-corrected chi connectivity index (χ3v) is 3.48. The number of rotatable bonds is 3. The van der Waals surface area contributed by atoms with Gasteiger partial charge < -0.3 is 13.9 Å². The topological polar surface area (TPSA) is 61.6 Å². The molecule has 0 aliphatic carbocycles. The highest BCUT2D eigenvalue weighted by Gasteiger charge is 2.13. The van der Waals surface area contributed by atoms with Crippen molar-refractivity contribution in [1.29, 1.82) is 0 Å². The van der Waals surface area contributed by atoms with Gasteiger partial charge in [-0.1, -0.05) is 11.6 Å². The molecule has 6 heteroatoms. The summed E-state index contributed by atoms with van der Waals surface area (Å²) in [4.78, 5) is 16.6. The maximum Gasteiger partial charge on any atom is 0.347 e. The summed E-state index contributed by atoms with van der Waals surface area (Å²) in [7, 11) is 3.02. The lowest BCUT2D eigenvalue weighted by Gasteiger charge is -2.08. The first-order valence-electron chi connectivity index (χ1n) is 6.45. The number of hydrogen-bond acceptors (Lipinski definition) is 5. The molecule has 3 aromatic rings. The second-order valence-electron chi connectivity index (χ2n) is 4.54. The van der Waals surface area contributed by atoms with E-state index >= 15 is 0 Å². The number of hydrogen-bond donors (Lipinski definition) is 0. The van der Waals surface area contributed by atoms with Gasteiger partial charge in [-0.15, -0.1) is 0 Å².